The van der Waals surface area contributed by atoms with Gasteiger partial charge in [-0.3, -0.25) is 14.3 Å². The molecule has 2 amide bonds. The molecule has 12 heteroatoms. The number of amides is 2. The van der Waals surface area contributed by atoms with Crippen molar-refractivity contribution in [2.75, 3.05) is 33.3 Å². The van der Waals surface area contributed by atoms with Crippen LogP contribution in [0.25, 0.3) is 0 Å². The molecule has 2 aliphatic carbocycles. The molecule has 1 saturated heterocycles. The summed E-state index contributed by atoms with van der Waals surface area (Å²) < 4.78 is 40.8. The van der Waals surface area contributed by atoms with Gasteiger partial charge in [-0.1, -0.05) is 37.1 Å². The van der Waals surface area contributed by atoms with E-state index in [-0.39, 0.29) is 30.2 Å². The van der Waals surface area contributed by atoms with Gasteiger partial charge in [0.15, 0.2) is 11.5 Å². The van der Waals surface area contributed by atoms with Gasteiger partial charge in [0.25, 0.3) is 11.8 Å². The minimum Gasteiger partial charge on any atom is -0.493 e. The number of rotatable bonds is 11. The Hall–Kier alpha value is -3.90. The van der Waals surface area contributed by atoms with Gasteiger partial charge in [-0.05, 0) is 55.5 Å². The quantitative estimate of drug-likeness (QED) is 0.340. The summed E-state index contributed by atoms with van der Waals surface area (Å²) >= 11 is 0. The molecule has 0 radical (unpaired) electrons. The third-order valence-corrected chi connectivity index (χ3v) is 11.4. The van der Waals surface area contributed by atoms with Gasteiger partial charge in [-0.15, -0.1) is 0 Å². The van der Waals surface area contributed by atoms with E-state index in [1.54, 1.807) is 40.2 Å². The molecule has 0 atom stereocenters. The molecule has 0 bridgehead atoms. The second-order valence-electron chi connectivity index (χ2n) is 12.1. The van der Waals surface area contributed by atoms with Gasteiger partial charge in [0, 0.05) is 56.8 Å². The van der Waals surface area contributed by atoms with Crippen LogP contribution in [-0.2, 0) is 30.2 Å². The molecule has 0 spiro atoms. The Morgan fingerprint density at radius 2 is 1.69 bits per heavy atom. The van der Waals surface area contributed by atoms with Crippen molar-refractivity contribution in [2.45, 2.75) is 62.8 Å². The number of ether oxygens (including phenoxy) is 2. The van der Waals surface area contributed by atoms with Crippen LogP contribution in [0.4, 0.5) is 0 Å². The first-order chi connectivity index (χ1) is 21.7. The lowest BCUT2D eigenvalue weighted by molar-refractivity contribution is 0.0697. The zero-order chi connectivity index (χ0) is 31.6. The van der Waals surface area contributed by atoms with Crippen molar-refractivity contribution >= 4 is 21.8 Å². The maximum absolute atomic E-state index is 13.2. The van der Waals surface area contributed by atoms with Gasteiger partial charge in [-0.25, -0.2) is 8.42 Å². The van der Waals surface area contributed by atoms with Gasteiger partial charge in [0.05, 0.1) is 18.1 Å². The SMILES string of the molecule is COc1c(CNC(=O)c2cc(C3CC3)nn2C)cccc1OCc1ccc(C(=O)N2CCN(S(=O)(=O)C3CCCC3)CC2)cc1. The van der Waals surface area contributed by atoms with Crippen LogP contribution >= 0.6 is 0 Å². The molecule has 3 fully saturated rings. The second kappa shape index (κ2) is 13.2. The van der Waals surface area contributed by atoms with E-state index < -0.39 is 10.0 Å². The lowest BCUT2D eigenvalue weighted by Gasteiger charge is -2.35. The highest BCUT2D eigenvalue weighted by Gasteiger charge is 2.36. The number of sulfonamides is 1. The van der Waals surface area contributed by atoms with Crippen LogP contribution in [0, 0.1) is 0 Å². The van der Waals surface area contributed by atoms with Crippen molar-refractivity contribution in [2.24, 2.45) is 7.05 Å². The predicted molar refractivity (Wildman–Crippen MR) is 169 cm³/mol. The molecule has 3 aliphatic rings. The molecule has 6 rings (SSSR count). The van der Waals surface area contributed by atoms with Crippen molar-refractivity contribution in [3.63, 3.8) is 0 Å². The normalized spacial score (nSPS) is 17.8. The monoisotopic (exact) mass is 635 g/mol. The molecule has 11 nitrogen and oxygen atoms in total. The van der Waals surface area contributed by atoms with Gasteiger partial charge in [0.1, 0.15) is 12.3 Å². The Labute approximate surface area is 264 Å². The number of nitrogens with one attached hydrogen (secondary N) is 1. The molecular weight excluding hydrogens is 594 g/mol. The second-order valence-corrected chi connectivity index (χ2v) is 14.3. The summed E-state index contributed by atoms with van der Waals surface area (Å²) in [4.78, 5) is 27.7. The molecule has 0 unspecified atom stereocenters. The number of hydrogen-bond acceptors (Lipinski definition) is 7. The van der Waals surface area contributed by atoms with E-state index >= 15 is 0 Å². The van der Waals surface area contributed by atoms with E-state index in [9.17, 15) is 18.0 Å². The molecule has 3 aromatic rings. The fraction of sp³-hybridized carbons (Fsp3) is 0.485. The number of carbonyl (C=O) groups excluding carboxylic acids is 2. The maximum atomic E-state index is 13.2. The van der Waals surface area contributed by atoms with Crippen LogP contribution in [0.3, 0.4) is 0 Å². The smallest absolute Gasteiger partial charge is 0.269 e. The fourth-order valence-electron chi connectivity index (χ4n) is 6.22. The highest BCUT2D eigenvalue weighted by molar-refractivity contribution is 7.89. The van der Waals surface area contributed by atoms with E-state index in [0.29, 0.717) is 54.9 Å². The maximum Gasteiger partial charge on any atom is 0.269 e. The van der Waals surface area contributed by atoms with E-state index in [4.69, 9.17) is 9.47 Å². The standard InChI is InChI=1S/C33H41N5O6S/c1-36-29(20-28(35-36)24-14-15-24)32(39)34-21-26-6-5-9-30(31(26)43-2)44-22-23-10-12-25(13-11-23)33(40)37-16-18-38(19-17-37)45(41,42)27-7-3-4-8-27/h5-6,9-13,20,24,27H,3-4,7-8,14-19,21-22H2,1-2H3,(H,34,39). The summed E-state index contributed by atoms with van der Waals surface area (Å²) in [5, 5.41) is 7.18. The number of hydrogen-bond donors (Lipinski definition) is 1. The Kier molecular flexibility index (Phi) is 9.14. The van der Waals surface area contributed by atoms with E-state index in [0.717, 1.165) is 55.3 Å². The number of carbonyl (C=O) groups is 2. The lowest BCUT2D eigenvalue weighted by Crippen LogP contribution is -2.52. The van der Waals surface area contributed by atoms with Gasteiger partial charge < -0.3 is 19.7 Å². The molecular formula is C33H41N5O6S. The van der Waals surface area contributed by atoms with Gasteiger partial charge in [0.2, 0.25) is 10.0 Å². The van der Waals surface area contributed by atoms with Gasteiger partial charge >= 0.3 is 0 Å². The van der Waals surface area contributed by atoms with Crippen molar-refractivity contribution in [1.29, 1.82) is 0 Å². The van der Waals surface area contributed by atoms with E-state index in [1.165, 1.54) is 0 Å². The van der Waals surface area contributed by atoms with Crippen molar-refractivity contribution < 1.29 is 27.5 Å². The Morgan fingerprint density at radius 1 is 0.978 bits per heavy atom. The number of nitrogens with zero attached hydrogens (tertiary/aromatic N) is 4. The first-order valence-electron chi connectivity index (χ1n) is 15.7. The molecule has 1 N–H and O–H groups in total. The minimum atomic E-state index is -3.29. The van der Waals surface area contributed by atoms with Crippen LogP contribution in [-0.4, -0.2) is 77.8 Å². The number of methoxy groups -OCH3 is 1. The van der Waals surface area contributed by atoms with Crippen LogP contribution in [0.1, 0.15) is 82.1 Å². The molecule has 2 saturated carbocycles. The molecule has 45 heavy (non-hydrogen) atoms. The van der Waals surface area contributed by atoms with Crippen molar-refractivity contribution in [3.8, 4) is 11.5 Å². The number of aryl methyl sites for hydroxylation is 1. The molecule has 2 heterocycles. The third-order valence-electron chi connectivity index (χ3n) is 9.04. The third kappa shape index (κ3) is 6.86. The Morgan fingerprint density at radius 3 is 2.36 bits per heavy atom. The lowest BCUT2D eigenvalue weighted by atomic mass is 10.1. The summed E-state index contributed by atoms with van der Waals surface area (Å²) in [7, 11) is 0.0656. The number of para-hydroxylation sites is 1. The van der Waals surface area contributed by atoms with Crippen molar-refractivity contribution in [3.05, 3.63) is 76.6 Å². The number of benzene rings is 2. The summed E-state index contributed by atoms with van der Waals surface area (Å²) in [6.07, 6.45) is 5.66. The highest BCUT2D eigenvalue weighted by Crippen LogP contribution is 2.39. The topological polar surface area (TPSA) is 123 Å². The Balaban J connectivity index is 1.02. The van der Waals surface area contributed by atoms with E-state index in [2.05, 4.69) is 10.4 Å². The molecule has 1 aromatic heterocycles. The highest BCUT2D eigenvalue weighted by atomic mass is 32.2. The number of aromatic nitrogens is 2. The molecule has 1 aliphatic heterocycles. The van der Waals surface area contributed by atoms with E-state index in [1.807, 2.05) is 36.4 Å². The summed E-state index contributed by atoms with van der Waals surface area (Å²) in [5.41, 5.74) is 3.71. The predicted octanol–water partition coefficient (Wildman–Crippen LogP) is 3.85. The minimum absolute atomic E-state index is 0.105. The molecule has 2 aromatic carbocycles. The average molecular weight is 636 g/mol. The van der Waals surface area contributed by atoms with Crippen molar-refractivity contribution in [1.82, 2.24) is 24.3 Å². The first kappa shape index (κ1) is 31.1. The summed E-state index contributed by atoms with van der Waals surface area (Å²) in [5.74, 6) is 1.26. The van der Waals surface area contributed by atoms with Crippen LogP contribution < -0.4 is 14.8 Å². The molecule has 240 valence electrons. The number of piperazine rings is 1. The summed E-state index contributed by atoms with van der Waals surface area (Å²) in [6.45, 7) is 1.97. The zero-order valence-electron chi connectivity index (χ0n) is 25.9. The largest absolute Gasteiger partial charge is 0.493 e. The zero-order valence-corrected chi connectivity index (χ0v) is 26.7. The van der Waals surface area contributed by atoms with Gasteiger partial charge in [-0.2, -0.15) is 9.40 Å². The average Bonchev–Trinajstić information content (AvgIpc) is 3.59. The van der Waals surface area contributed by atoms with Crippen LogP contribution in [0.2, 0.25) is 0 Å². The Bertz CT molecular complexity index is 1640. The fourth-order valence-corrected chi connectivity index (χ4v) is 8.25. The van der Waals surface area contributed by atoms with Crippen LogP contribution in [0.15, 0.2) is 48.5 Å². The first-order valence-corrected chi connectivity index (χ1v) is 17.2. The summed E-state index contributed by atoms with van der Waals surface area (Å²) in [6, 6.07) is 14.7. The van der Waals surface area contributed by atoms with Crippen LogP contribution in [0.5, 0.6) is 11.5 Å².